The first-order valence-electron chi connectivity index (χ1n) is 24.4. The molecule has 2 aromatic rings. The third kappa shape index (κ3) is 20.0. The van der Waals surface area contributed by atoms with Crippen LogP contribution >= 0.6 is 21.6 Å². The van der Waals surface area contributed by atoms with Gasteiger partial charge >= 0.3 is 0 Å². The molecule has 8 atom stereocenters. The van der Waals surface area contributed by atoms with Crippen molar-refractivity contribution < 1.29 is 57.8 Å². The maximum Gasteiger partial charge on any atom is 0.246 e. The largest absolute Gasteiger partial charge is 0.508 e. The number of hydrogen-bond acceptors (Lipinski definition) is 16. The number of amides is 11. The first kappa shape index (κ1) is 60.6. The fourth-order valence-electron chi connectivity index (χ4n) is 7.94. The predicted octanol–water partition coefficient (Wildman–Crippen LogP) is -3.73. The van der Waals surface area contributed by atoms with Crippen LogP contribution < -0.4 is 60.2 Å². The number of likely N-dealkylation sites (tertiary alicyclic amines) is 1. The van der Waals surface area contributed by atoms with Gasteiger partial charge < -0.3 is 75.1 Å². The second kappa shape index (κ2) is 30.4. The molecular weight excluding hydrogens is 1010 g/mol. The molecule has 0 unspecified atom stereocenters. The summed E-state index contributed by atoms with van der Waals surface area (Å²) < 4.78 is 0. The molecule has 27 heteroatoms. The molecule has 0 aliphatic carbocycles. The van der Waals surface area contributed by atoms with Gasteiger partial charge in [-0.25, -0.2) is 0 Å². The first-order chi connectivity index (χ1) is 35.7. The summed E-state index contributed by atoms with van der Waals surface area (Å²) in [6.07, 6.45) is -0.143. The van der Waals surface area contributed by atoms with E-state index < -0.39 is 139 Å². The number of nitrogens with two attached hydrogens (primary N) is 4. The lowest BCUT2D eigenvalue weighted by Gasteiger charge is -2.31. The maximum atomic E-state index is 14.7. The van der Waals surface area contributed by atoms with Crippen molar-refractivity contribution in [3.63, 3.8) is 0 Å². The number of hydrogen-bond donors (Lipinski definition) is 12. The van der Waals surface area contributed by atoms with Gasteiger partial charge in [0.1, 0.15) is 48.0 Å². The van der Waals surface area contributed by atoms with Crippen LogP contribution in [0.5, 0.6) is 5.75 Å². The molecule has 0 radical (unpaired) electrons. The van der Waals surface area contributed by atoms with Crippen molar-refractivity contribution in [3.8, 4) is 5.75 Å². The molecule has 2 aliphatic heterocycles. The van der Waals surface area contributed by atoms with Crippen molar-refractivity contribution in [3.05, 3.63) is 65.7 Å². The van der Waals surface area contributed by atoms with Crippen molar-refractivity contribution in [2.45, 2.75) is 113 Å². The number of unbranched alkanes of at least 4 members (excludes halogenated alkanes) is 1. The van der Waals surface area contributed by atoms with Crippen LogP contribution in [-0.2, 0) is 65.6 Å². The van der Waals surface area contributed by atoms with E-state index in [1.807, 2.05) is 0 Å². The monoisotopic (exact) mass is 1080 g/mol. The molecule has 0 bridgehead atoms. The first-order valence-corrected chi connectivity index (χ1v) is 26.8. The number of primary amides is 2. The summed E-state index contributed by atoms with van der Waals surface area (Å²) in [6.45, 7) is -0.127. The van der Waals surface area contributed by atoms with E-state index in [1.54, 1.807) is 30.3 Å². The van der Waals surface area contributed by atoms with E-state index >= 15 is 0 Å². The predicted molar refractivity (Wildman–Crippen MR) is 278 cm³/mol. The lowest BCUT2D eigenvalue weighted by atomic mass is 10.0. The SMILES string of the molecule is CN(C)C(=O)C[C@@H]1NC(=O)[C@H](CCC(N)=O)NC(=O)[C@H](Cc2ccccc2)NC(=O)[C@H](Cc2ccc(O)cc2)NC(=O)[C@@H](N)CSSC[C@@H](C(=O)N2CCC[C@H]2C(=O)N[C@@H](CCCCN)C(=O)NCC(N)=O)NC1=O. The topological polar surface area (TPSA) is 403 Å². The van der Waals surface area contributed by atoms with Gasteiger partial charge in [-0.3, -0.25) is 52.7 Å². The minimum absolute atomic E-state index is 0.0442. The number of phenols is 1. The molecule has 75 heavy (non-hydrogen) atoms. The fourth-order valence-corrected chi connectivity index (χ4v) is 10.2. The Bertz CT molecular complexity index is 2350. The average Bonchev–Trinajstić information content (AvgIpc) is 3.87. The molecule has 4 rings (SSSR count). The van der Waals surface area contributed by atoms with Gasteiger partial charge in [0.25, 0.3) is 0 Å². The van der Waals surface area contributed by atoms with E-state index in [0.717, 1.165) is 26.5 Å². The summed E-state index contributed by atoms with van der Waals surface area (Å²) in [5.74, 6) is -9.35. The van der Waals surface area contributed by atoms with Crippen molar-refractivity contribution in [2.75, 3.05) is 45.2 Å². The van der Waals surface area contributed by atoms with Gasteiger partial charge in [-0.15, -0.1) is 0 Å². The maximum absolute atomic E-state index is 14.7. The Balaban J connectivity index is 1.74. The van der Waals surface area contributed by atoms with E-state index in [9.17, 15) is 57.8 Å². The zero-order valence-corrected chi connectivity index (χ0v) is 43.5. The molecule has 2 aromatic carbocycles. The summed E-state index contributed by atoms with van der Waals surface area (Å²) in [5, 5.41) is 28.1. The van der Waals surface area contributed by atoms with Crippen molar-refractivity contribution in [1.82, 2.24) is 47.0 Å². The van der Waals surface area contributed by atoms with Crippen LogP contribution in [0.25, 0.3) is 0 Å². The molecule has 2 heterocycles. The Morgan fingerprint density at radius 2 is 1.32 bits per heavy atom. The molecule has 2 aliphatic rings. The molecule has 410 valence electrons. The zero-order valence-electron chi connectivity index (χ0n) is 41.9. The number of nitrogens with zero attached hydrogens (tertiary/aromatic N) is 2. The Kier molecular flexibility index (Phi) is 24.6. The summed E-state index contributed by atoms with van der Waals surface area (Å²) in [7, 11) is 4.88. The fraction of sp³-hybridized carbons (Fsp3) is 0.521. The Morgan fingerprint density at radius 1 is 0.747 bits per heavy atom. The normalized spacial score (nSPS) is 22.7. The molecule has 0 saturated carbocycles. The van der Waals surface area contributed by atoms with Gasteiger partial charge in [0.05, 0.1) is 19.0 Å². The Morgan fingerprint density at radius 3 is 1.93 bits per heavy atom. The number of carbonyl (C=O) groups excluding carboxylic acids is 11. The zero-order chi connectivity index (χ0) is 55.2. The number of aromatic hydroxyl groups is 1. The quantitative estimate of drug-likeness (QED) is 0.0475. The van der Waals surface area contributed by atoms with E-state index in [4.69, 9.17) is 22.9 Å². The lowest BCUT2D eigenvalue weighted by Crippen LogP contribution is -2.61. The van der Waals surface area contributed by atoms with Crippen LogP contribution in [-0.4, -0.2) is 173 Å². The smallest absolute Gasteiger partial charge is 0.246 e. The molecule has 0 spiro atoms. The molecule has 2 saturated heterocycles. The van der Waals surface area contributed by atoms with E-state index in [0.29, 0.717) is 36.9 Å². The van der Waals surface area contributed by atoms with Crippen LogP contribution in [0, 0.1) is 0 Å². The van der Waals surface area contributed by atoms with Crippen LogP contribution in [0.2, 0.25) is 0 Å². The third-order valence-corrected chi connectivity index (χ3v) is 14.6. The summed E-state index contributed by atoms with van der Waals surface area (Å²) in [6, 6.07) is 3.32. The van der Waals surface area contributed by atoms with Crippen molar-refractivity contribution in [1.29, 1.82) is 0 Å². The highest BCUT2D eigenvalue weighted by Gasteiger charge is 2.41. The van der Waals surface area contributed by atoms with Crippen LogP contribution in [0.3, 0.4) is 0 Å². The van der Waals surface area contributed by atoms with Gasteiger partial charge in [-0.1, -0.05) is 64.1 Å². The average molecular weight is 1080 g/mol. The second-order valence-electron chi connectivity index (χ2n) is 18.3. The number of benzene rings is 2. The molecule has 16 N–H and O–H groups in total. The Labute approximate surface area is 442 Å². The van der Waals surface area contributed by atoms with E-state index in [2.05, 4.69) is 37.2 Å². The van der Waals surface area contributed by atoms with Gasteiger partial charge in [-0.2, -0.15) is 0 Å². The number of nitrogens with one attached hydrogen (secondary N) is 7. The van der Waals surface area contributed by atoms with Gasteiger partial charge in [0.2, 0.25) is 65.0 Å². The second-order valence-corrected chi connectivity index (χ2v) is 20.8. The van der Waals surface area contributed by atoms with Crippen molar-refractivity contribution >= 4 is 86.6 Å². The number of carbonyl (C=O) groups is 11. The summed E-state index contributed by atoms with van der Waals surface area (Å²) in [5.41, 5.74) is 23.8. The standard InChI is InChI=1S/C48H69N13O12S2/c1-60(2)40(65)23-35-46(71)59-36(48(73)61-20-8-12-37(61)47(72)55-31(11-6-7-19-49)42(67)53-24-39(52)64)26-75-74-25-30(50)41(66)56-33(22-28-13-15-29(62)16-14-28)45(70)57-34(21-27-9-4-3-5-10-27)44(69)54-32(43(68)58-35)17-18-38(51)63/h3-5,9-10,13-16,30-37,62H,6-8,11-12,17-26,49-50H2,1-2H3,(H2,51,63)(H2,52,64)(H,53,67)(H,54,69)(H,55,72)(H,56,66)(H,57,70)(H,58,68)(H,59,71)/t30-,31-,32-,33-,34-,35-,36-,37-/m0/s1. The van der Waals surface area contributed by atoms with Crippen LogP contribution in [0.15, 0.2) is 54.6 Å². The molecule has 25 nitrogen and oxygen atoms in total. The van der Waals surface area contributed by atoms with Gasteiger partial charge in [0.15, 0.2) is 0 Å². The highest BCUT2D eigenvalue weighted by Crippen LogP contribution is 2.26. The minimum atomic E-state index is -1.71. The summed E-state index contributed by atoms with van der Waals surface area (Å²) >= 11 is 0. The van der Waals surface area contributed by atoms with E-state index in [1.165, 1.54) is 43.3 Å². The van der Waals surface area contributed by atoms with Crippen LogP contribution in [0.1, 0.15) is 62.5 Å². The molecular formula is C48H69N13O12S2. The minimum Gasteiger partial charge on any atom is -0.508 e. The Hall–Kier alpha value is -6.97. The van der Waals surface area contributed by atoms with E-state index in [-0.39, 0.29) is 49.5 Å². The number of phenolic OH excluding ortho intramolecular Hbond substituents is 1. The van der Waals surface area contributed by atoms with Crippen molar-refractivity contribution in [2.24, 2.45) is 22.9 Å². The van der Waals surface area contributed by atoms with Gasteiger partial charge in [0, 0.05) is 51.4 Å². The molecule has 0 aromatic heterocycles. The third-order valence-electron chi connectivity index (χ3n) is 12.1. The molecule has 2 fully saturated rings. The highest BCUT2D eigenvalue weighted by atomic mass is 33.1. The van der Waals surface area contributed by atoms with Gasteiger partial charge in [-0.05, 0) is 68.3 Å². The van der Waals surface area contributed by atoms with Crippen LogP contribution in [0.4, 0.5) is 0 Å². The molecule has 11 amide bonds. The lowest BCUT2D eigenvalue weighted by molar-refractivity contribution is -0.142. The number of rotatable bonds is 19. The highest BCUT2D eigenvalue weighted by molar-refractivity contribution is 8.76. The summed E-state index contributed by atoms with van der Waals surface area (Å²) in [4.78, 5) is 152.